The van der Waals surface area contributed by atoms with Crippen molar-refractivity contribution >= 4 is 23.4 Å². The molecule has 0 aliphatic carbocycles. The zero-order chi connectivity index (χ0) is 18.5. The van der Waals surface area contributed by atoms with Gasteiger partial charge in [-0.3, -0.25) is 9.36 Å². The molecule has 134 valence electrons. The summed E-state index contributed by atoms with van der Waals surface area (Å²) >= 11 is 1.57. The molecule has 6 heteroatoms. The molecule has 0 bridgehead atoms. The molecular weight excluding hydrogens is 344 g/mol. The molecule has 1 amide bonds. The lowest BCUT2D eigenvalue weighted by Gasteiger charge is -2.13. The third kappa shape index (κ3) is 4.08. The molecule has 2 aromatic carbocycles. The average molecular weight is 366 g/mol. The molecule has 0 aliphatic rings. The number of carbonyl (C=O) groups is 1. The summed E-state index contributed by atoms with van der Waals surface area (Å²) in [6, 6.07) is 15.7. The van der Waals surface area contributed by atoms with Gasteiger partial charge >= 0.3 is 0 Å². The number of anilines is 1. The summed E-state index contributed by atoms with van der Waals surface area (Å²) in [7, 11) is 4.01. The Balaban J connectivity index is 1.69. The van der Waals surface area contributed by atoms with Crippen LogP contribution in [-0.2, 0) is 6.54 Å². The number of nitrogens with one attached hydrogen (secondary N) is 1. The molecule has 1 heterocycles. The smallest absolute Gasteiger partial charge is 0.251 e. The van der Waals surface area contributed by atoms with Crippen molar-refractivity contribution in [3.8, 4) is 5.69 Å². The first-order valence-corrected chi connectivity index (χ1v) is 9.53. The van der Waals surface area contributed by atoms with Crippen LogP contribution in [0, 0.1) is 0 Å². The van der Waals surface area contributed by atoms with E-state index in [2.05, 4.69) is 10.3 Å². The van der Waals surface area contributed by atoms with E-state index in [9.17, 15) is 4.79 Å². The standard InChI is InChI=1S/C20H22N4OS/c1-23(2)17-9-7-15(8-10-17)14-22-19(25)16-5-4-6-18(13-16)24-12-11-21-20(24)26-3/h4-13H,14H2,1-3H3,(H,22,25). The maximum atomic E-state index is 12.5. The molecule has 26 heavy (non-hydrogen) atoms. The van der Waals surface area contributed by atoms with Gasteiger partial charge < -0.3 is 10.2 Å². The number of hydrogen-bond acceptors (Lipinski definition) is 4. The van der Waals surface area contributed by atoms with Crippen LogP contribution in [0.1, 0.15) is 15.9 Å². The van der Waals surface area contributed by atoms with Gasteiger partial charge in [-0.05, 0) is 42.2 Å². The van der Waals surface area contributed by atoms with Gasteiger partial charge in [0.2, 0.25) is 0 Å². The molecule has 3 aromatic rings. The van der Waals surface area contributed by atoms with Crippen molar-refractivity contribution in [1.82, 2.24) is 14.9 Å². The van der Waals surface area contributed by atoms with Gasteiger partial charge in [0.15, 0.2) is 5.16 Å². The molecule has 3 rings (SSSR count). The van der Waals surface area contributed by atoms with Crippen LogP contribution in [0.25, 0.3) is 5.69 Å². The molecule has 0 spiro atoms. The molecular formula is C20H22N4OS. The first kappa shape index (κ1) is 18.1. The van der Waals surface area contributed by atoms with Crippen LogP contribution < -0.4 is 10.2 Å². The SMILES string of the molecule is CSc1nccn1-c1cccc(C(=O)NCc2ccc(N(C)C)cc2)c1. The van der Waals surface area contributed by atoms with Gasteiger partial charge in [0.25, 0.3) is 5.91 Å². The molecule has 0 saturated heterocycles. The van der Waals surface area contributed by atoms with Crippen LogP contribution in [-0.4, -0.2) is 35.8 Å². The Morgan fingerprint density at radius 2 is 1.96 bits per heavy atom. The van der Waals surface area contributed by atoms with Crippen molar-refractivity contribution in [3.05, 3.63) is 72.1 Å². The van der Waals surface area contributed by atoms with Crippen molar-refractivity contribution in [1.29, 1.82) is 0 Å². The molecule has 0 radical (unpaired) electrons. The van der Waals surface area contributed by atoms with E-state index in [0.717, 1.165) is 22.1 Å². The minimum absolute atomic E-state index is 0.0886. The van der Waals surface area contributed by atoms with E-state index in [1.165, 1.54) is 0 Å². The number of nitrogens with zero attached hydrogens (tertiary/aromatic N) is 3. The number of aromatic nitrogens is 2. The summed E-state index contributed by atoms with van der Waals surface area (Å²) < 4.78 is 1.97. The third-order valence-electron chi connectivity index (χ3n) is 4.08. The maximum Gasteiger partial charge on any atom is 0.251 e. The van der Waals surface area contributed by atoms with Gasteiger partial charge in [-0.1, -0.05) is 30.0 Å². The number of amides is 1. The Morgan fingerprint density at radius 1 is 1.19 bits per heavy atom. The van der Waals surface area contributed by atoms with E-state index in [-0.39, 0.29) is 5.91 Å². The van der Waals surface area contributed by atoms with Gasteiger partial charge in [0.05, 0.1) is 0 Å². The van der Waals surface area contributed by atoms with E-state index in [4.69, 9.17) is 0 Å². The molecule has 0 atom stereocenters. The zero-order valence-corrected chi connectivity index (χ0v) is 16.0. The fourth-order valence-corrected chi connectivity index (χ4v) is 3.16. The van der Waals surface area contributed by atoms with E-state index in [1.54, 1.807) is 18.0 Å². The van der Waals surface area contributed by atoms with Crippen molar-refractivity contribution in [3.63, 3.8) is 0 Å². The first-order chi connectivity index (χ1) is 12.6. The molecule has 5 nitrogen and oxygen atoms in total. The van der Waals surface area contributed by atoms with E-state index in [1.807, 2.05) is 84.5 Å². The number of imidazole rings is 1. The fraction of sp³-hybridized carbons (Fsp3) is 0.200. The monoisotopic (exact) mass is 366 g/mol. The number of rotatable bonds is 6. The van der Waals surface area contributed by atoms with Crippen molar-refractivity contribution in [2.45, 2.75) is 11.7 Å². The summed E-state index contributed by atoms with van der Waals surface area (Å²) in [6.07, 6.45) is 5.64. The van der Waals surface area contributed by atoms with Crippen LogP contribution >= 0.6 is 11.8 Å². The summed E-state index contributed by atoms with van der Waals surface area (Å²) in [5.74, 6) is -0.0886. The van der Waals surface area contributed by atoms with E-state index < -0.39 is 0 Å². The number of carbonyl (C=O) groups excluding carboxylic acids is 1. The molecule has 0 fully saturated rings. The third-order valence-corrected chi connectivity index (χ3v) is 4.75. The topological polar surface area (TPSA) is 50.2 Å². The number of hydrogen-bond donors (Lipinski definition) is 1. The molecule has 0 saturated carbocycles. The molecule has 1 N–H and O–H groups in total. The van der Waals surface area contributed by atoms with Crippen molar-refractivity contribution < 1.29 is 4.79 Å². The van der Waals surface area contributed by atoms with E-state index in [0.29, 0.717) is 12.1 Å². The van der Waals surface area contributed by atoms with Gasteiger partial charge in [-0.2, -0.15) is 0 Å². The molecule has 1 aromatic heterocycles. The van der Waals surface area contributed by atoms with Crippen LogP contribution in [0.4, 0.5) is 5.69 Å². The Hall–Kier alpha value is -2.73. The summed E-state index contributed by atoms with van der Waals surface area (Å²) in [5.41, 5.74) is 3.76. The second kappa shape index (κ2) is 8.10. The lowest BCUT2D eigenvalue weighted by Crippen LogP contribution is -2.23. The van der Waals surface area contributed by atoms with Crippen LogP contribution in [0.5, 0.6) is 0 Å². The second-order valence-corrected chi connectivity index (χ2v) is 6.85. The van der Waals surface area contributed by atoms with Crippen molar-refractivity contribution in [2.75, 3.05) is 25.3 Å². The largest absolute Gasteiger partial charge is 0.378 e. The highest BCUT2D eigenvalue weighted by molar-refractivity contribution is 7.98. The summed E-state index contributed by atoms with van der Waals surface area (Å²) in [5, 5.41) is 3.87. The van der Waals surface area contributed by atoms with Gasteiger partial charge in [0.1, 0.15) is 0 Å². The Bertz CT molecular complexity index is 887. The average Bonchev–Trinajstić information content (AvgIpc) is 3.15. The lowest BCUT2D eigenvalue weighted by atomic mass is 10.1. The summed E-state index contributed by atoms with van der Waals surface area (Å²) in [4.78, 5) is 18.9. The van der Waals surface area contributed by atoms with Crippen LogP contribution in [0.2, 0.25) is 0 Å². The quantitative estimate of drug-likeness (QED) is 0.678. The highest BCUT2D eigenvalue weighted by Crippen LogP contribution is 2.19. The van der Waals surface area contributed by atoms with Gasteiger partial charge in [-0.15, -0.1) is 0 Å². The molecule has 0 aliphatic heterocycles. The number of benzene rings is 2. The predicted molar refractivity (Wildman–Crippen MR) is 107 cm³/mol. The number of thioether (sulfide) groups is 1. The Kier molecular flexibility index (Phi) is 5.63. The Labute approximate surface area is 158 Å². The fourth-order valence-electron chi connectivity index (χ4n) is 2.63. The highest BCUT2D eigenvalue weighted by Gasteiger charge is 2.09. The predicted octanol–water partition coefficient (Wildman–Crippen LogP) is 3.59. The summed E-state index contributed by atoms with van der Waals surface area (Å²) in [6.45, 7) is 0.498. The van der Waals surface area contributed by atoms with Gasteiger partial charge in [-0.25, -0.2) is 4.98 Å². The minimum atomic E-state index is -0.0886. The normalized spacial score (nSPS) is 10.6. The van der Waals surface area contributed by atoms with Crippen molar-refractivity contribution in [2.24, 2.45) is 0 Å². The lowest BCUT2D eigenvalue weighted by molar-refractivity contribution is 0.0951. The maximum absolute atomic E-state index is 12.5. The highest BCUT2D eigenvalue weighted by atomic mass is 32.2. The zero-order valence-electron chi connectivity index (χ0n) is 15.1. The Morgan fingerprint density at radius 3 is 2.65 bits per heavy atom. The van der Waals surface area contributed by atoms with Gasteiger partial charge in [0, 0.05) is 50.0 Å². The van der Waals surface area contributed by atoms with E-state index >= 15 is 0 Å². The molecule has 0 unspecified atom stereocenters. The van der Waals surface area contributed by atoms with Crippen LogP contribution in [0.3, 0.4) is 0 Å². The second-order valence-electron chi connectivity index (χ2n) is 6.08. The first-order valence-electron chi connectivity index (χ1n) is 8.30. The van der Waals surface area contributed by atoms with Crippen LogP contribution in [0.15, 0.2) is 66.1 Å². The minimum Gasteiger partial charge on any atom is -0.378 e.